The lowest BCUT2D eigenvalue weighted by Gasteiger charge is -2.41. The lowest BCUT2D eigenvalue weighted by molar-refractivity contribution is -0.220. The van der Waals surface area contributed by atoms with Crippen LogP contribution in [0.3, 0.4) is 0 Å². The van der Waals surface area contributed by atoms with Crippen molar-refractivity contribution in [1.82, 2.24) is 5.32 Å². The summed E-state index contributed by atoms with van der Waals surface area (Å²) in [6, 6.07) is -1.16. The highest BCUT2D eigenvalue weighted by Crippen LogP contribution is 2.47. The Morgan fingerprint density at radius 3 is 1.40 bits per heavy atom. The summed E-state index contributed by atoms with van der Waals surface area (Å²) in [5, 5.41) is 74.6. The SMILES string of the molecule is CCCCCCCCCCC/C=C\C/C=C\CCCCCCCC(O)CC(=O)NC(COP(=O)(O)OC1C(O)C(O)C(O)C(O)C1O)C(O)CCCCCCCCCCCCC. The molecule has 1 saturated carbocycles. The number of amides is 1. The summed E-state index contributed by atoms with van der Waals surface area (Å²) in [5.41, 5.74) is 0. The molecule has 1 aliphatic carbocycles. The molecule has 9 N–H and O–H groups in total. The number of hydrogen-bond acceptors (Lipinski definition) is 11. The van der Waals surface area contributed by atoms with Gasteiger partial charge in [-0.25, -0.2) is 4.57 Å². The van der Waals surface area contributed by atoms with Crippen LogP contribution in [0.15, 0.2) is 24.3 Å². The smallest absolute Gasteiger partial charge is 0.393 e. The Bertz CT molecular complexity index is 1160. The normalized spacial score (nSPS) is 23.2. The maximum atomic E-state index is 13.0. The molecule has 0 spiro atoms. The first-order chi connectivity index (χ1) is 29.8. The largest absolute Gasteiger partial charge is 0.472 e. The molecule has 366 valence electrons. The molecular weight excluding hydrogens is 813 g/mol. The van der Waals surface area contributed by atoms with Gasteiger partial charge in [0.15, 0.2) is 0 Å². The molecule has 0 aromatic heterocycles. The summed E-state index contributed by atoms with van der Waals surface area (Å²) in [5.74, 6) is -0.568. The number of carbonyl (C=O) groups is 1. The van der Waals surface area contributed by atoms with E-state index in [0.717, 1.165) is 70.6 Å². The van der Waals surface area contributed by atoms with E-state index >= 15 is 0 Å². The molecule has 0 aliphatic heterocycles. The van der Waals surface area contributed by atoms with Crippen LogP contribution < -0.4 is 5.32 Å². The van der Waals surface area contributed by atoms with Crippen molar-refractivity contribution in [2.75, 3.05) is 6.61 Å². The summed E-state index contributed by atoms with van der Waals surface area (Å²) in [4.78, 5) is 23.5. The fourth-order valence-electron chi connectivity index (χ4n) is 7.98. The van der Waals surface area contributed by atoms with Gasteiger partial charge >= 0.3 is 7.82 Å². The molecule has 13 nitrogen and oxygen atoms in total. The number of aliphatic hydroxyl groups is 7. The summed E-state index contributed by atoms with van der Waals surface area (Å²) in [6.07, 6.45) is 28.1. The van der Waals surface area contributed by atoms with Gasteiger partial charge in [-0.1, -0.05) is 186 Å². The second kappa shape index (κ2) is 37.9. The Balaban J connectivity index is 2.44. The van der Waals surface area contributed by atoms with Crippen LogP contribution in [0.2, 0.25) is 0 Å². The van der Waals surface area contributed by atoms with Crippen LogP contribution in [0.4, 0.5) is 0 Å². The molecule has 0 aromatic carbocycles. The van der Waals surface area contributed by atoms with Crippen molar-refractivity contribution in [3.05, 3.63) is 24.3 Å². The van der Waals surface area contributed by atoms with E-state index in [1.165, 1.54) is 103 Å². The molecule has 0 aromatic rings. The highest BCUT2D eigenvalue weighted by atomic mass is 31.2. The molecule has 0 saturated heterocycles. The average Bonchev–Trinajstić information content (AvgIpc) is 3.24. The van der Waals surface area contributed by atoms with Gasteiger partial charge in [0.05, 0.1) is 31.3 Å². The number of phosphoric ester groups is 1. The average molecular weight is 906 g/mol. The summed E-state index contributed by atoms with van der Waals surface area (Å²) < 4.78 is 22.9. The van der Waals surface area contributed by atoms with Gasteiger partial charge in [-0.15, -0.1) is 0 Å². The number of carbonyl (C=O) groups excluding carboxylic acids is 1. The monoisotopic (exact) mass is 906 g/mol. The summed E-state index contributed by atoms with van der Waals surface area (Å²) in [6.45, 7) is 3.77. The number of allylic oxidation sites excluding steroid dienone is 4. The highest BCUT2D eigenvalue weighted by molar-refractivity contribution is 7.47. The van der Waals surface area contributed by atoms with Crippen LogP contribution in [0.5, 0.6) is 0 Å². The molecule has 62 heavy (non-hydrogen) atoms. The lowest BCUT2D eigenvalue weighted by Crippen LogP contribution is -2.64. The molecule has 1 aliphatic rings. The van der Waals surface area contributed by atoms with Crippen molar-refractivity contribution in [2.24, 2.45) is 0 Å². The Hall–Kier alpha value is -1.22. The number of hydrogen-bond donors (Lipinski definition) is 9. The molecule has 1 fully saturated rings. The first kappa shape index (κ1) is 58.8. The van der Waals surface area contributed by atoms with Gasteiger partial charge < -0.3 is 46.0 Å². The van der Waals surface area contributed by atoms with Crippen LogP contribution in [0.1, 0.15) is 213 Å². The molecule has 8 atom stereocenters. The summed E-state index contributed by atoms with van der Waals surface area (Å²) >= 11 is 0. The van der Waals surface area contributed by atoms with E-state index in [1.807, 2.05) is 0 Å². The standard InChI is InChI=1S/C48H92NO12P/c1-3-5-7-9-11-13-15-16-17-18-19-20-21-22-23-24-26-27-29-31-33-35-39(50)37-42(52)49-40(41(51)36-34-32-30-28-25-14-12-10-8-6-4-2)38-60-62(58,59)61-48-46(56)44(54)43(53)45(55)47(48)57/h19-20,22-23,39-41,43-48,50-51,53-57H,3-18,21,24-38H2,1-2H3,(H,49,52)(H,58,59)/b20-19-,23-22-. The number of phosphoric acid groups is 1. The number of unbranched alkanes of at least 4 members (excludes halogenated alkanes) is 24. The first-order valence-corrected chi connectivity index (χ1v) is 26.4. The third-order valence-electron chi connectivity index (χ3n) is 12.1. The molecule has 0 bridgehead atoms. The van der Waals surface area contributed by atoms with Gasteiger partial charge in [0.1, 0.15) is 36.6 Å². The van der Waals surface area contributed by atoms with E-state index in [0.29, 0.717) is 12.8 Å². The minimum atomic E-state index is -5.12. The number of aliphatic hydroxyl groups excluding tert-OH is 7. The quantitative estimate of drug-likeness (QED) is 0.0159. The van der Waals surface area contributed by atoms with Crippen LogP contribution in [0, 0.1) is 0 Å². The maximum absolute atomic E-state index is 13.0. The van der Waals surface area contributed by atoms with Gasteiger partial charge in [0.2, 0.25) is 5.91 Å². The van der Waals surface area contributed by atoms with Crippen molar-refractivity contribution in [3.8, 4) is 0 Å². The molecule has 0 heterocycles. The zero-order valence-electron chi connectivity index (χ0n) is 38.8. The molecule has 1 rings (SSSR count). The van der Waals surface area contributed by atoms with Gasteiger partial charge in [-0.3, -0.25) is 13.8 Å². The minimum absolute atomic E-state index is 0.230. The van der Waals surface area contributed by atoms with Gasteiger partial charge in [0, 0.05) is 0 Å². The Labute approximate surface area is 375 Å². The molecule has 0 radical (unpaired) electrons. The van der Waals surface area contributed by atoms with Gasteiger partial charge in [-0.2, -0.15) is 0 Å². The second-order valence-corrected chi connectivity index (χ2v) is 19.3. The fourth-order valence-corrected chi connectivity index (χ4v) is 8.95. The topological polar surface area (TPSA) is 226 Å². The highest BCUT2D eigenvalue weighted by Gasteiger charge is 2.51. The Morgan fingerprint density at radius 2 is 0.952 bits per heavy atom. The van der Waals surface area contributed by atoms with Crippen LogP contribution >= 0.6 is 7.82 Å². The third-order valence-corrected chi connectivity index (χ3v) is 13.1. The predicted molar refractivity (Wildman–Crippen MR) is 247 cm³/mol. The Morgan fingerprint density at radius 1 is 0.565 bits per heavy atom. The predicted octanol–water partition coefficient (Wildman–Crippen LogP) is 8.76. The van der Waals surface area contributed by atoms with Crippen molar-refractivity contribution in [1.29, 1.82) is 0 Å². The van der Waals surface area contributed by atoms with Gasteiger partial charge in [0.25, 0.3) is 0 Å². The van der Waals surface area contributed by atoms with Gasteiger partial charge in [-0.05, 0) is 44.9 Å². The maximum Gasteiger partial charge on any atom is 0.472 e. The van der Waals surface area contributed by atoms with Crippen LogP contribution in [0.25, 0.3) is 0 Å². The van der Waals surface area contributed by atoms with Crippen molar-refractivity contribution in [3.63, 3.8) is 0 Å². The minimum Gasteiger partial charge on any atom is -0.393 e. The third kappa shape index (κ3) is 29.3. The van der Waals surface area contributed by atoms with Crippen molar-refractivity contribution < 1.29 is 59.0 Å². The van der Waals surface area contributed by atoms with E-state index in [2.05, 4.69) is 43.5 Å². The molecular formula is C48H92NO12P. The fraction of sp³-hybridized carbons (Fsp3) is 0.896. The Kier molecular flexibility index (Phi) is 36.0. The second-order valence-electron chi connectivity index (χ2n) is 17.9. The van der Waals surface area contributed by atoms with E-state index < -0.39 is 75.2 Å². The first-order valence-electron chi connectivity index (χ1n) is 24.9. The van der Waals surface area contributed by atoms with E-state index in [4.69, 9.17) is 9.05 Å². The number of nitrogens with one attached hydrogen (secondary N) is 1. The summed E-state index contributed by atoms with van der Waals surface area (Å²) in [7, 11) is -5.12. The van der Waals surface area contributed by atoms with Crippen LogP contribution in [-0.2, 0) is 18.4 Å². The van der Waals surface area contributed by atoms with E-state index in [9.17, 15) is 50.0 Å². The van der Waals surface area contributed by atoms with Crippen LogP contribution in [-0.4, -0.2) is 108 Å². The van der Waals surface area contributed by atoms with E-state index in [-0.39, 0.29) is 12.8 Å². The van der Waals surface area contributed by atoms with Crippen molar-refractivity contribution in [2.45, 2.75) is 268 Å². The van der Waals surface area contributed by atoms with E-state index in [1.54, 1.807) is 0 Å². The number of rotatable bonds is 41. The molecule has 1 amide bonds. The zero-order valence-corrected chi connectivity index (χ0v) is 39.7. The zero-order chi connectivity index (χ0) is 45.9. The van der Waals surface area contributed by atoms with Crippen molar-refractivity contribution >= 4 is 13.7 Å². The lowest BCUT2D eigenvalue weighted by atomic mass is 9.85. The molecule has 8 unspecified atom stereocenters. The molecule has 14 heteroatoms.